The van der Waals surface area contributed by atoms with Gasteiger partial charge >= 0.3 is 0 Å². The zero-order chi connectivity index (χ0) is 24.4. The molecule has 1 fully saturated rings. The number of halogens is 1. The maximum Gasteiger partial charge on any atom is 0.227 e. The van der Waals surface area contributed by atoms with E-state index in [1.807, 2.05) is 28.8 Å². The summed E-state index contributed by atoms with van der Waals surface area (Å²) in [7, 11) is 1.60. The van der Waals surface area contributed by atoms with Crippen LogP contribution in [0.25, 0.3) is 11.0 Å². The van der Waals surface area contributed by atoms with E-state index < -0.39 is 6.10 Å². The van der Waals surface area contributed by atoms with Crippen LogP contribution in [-0.2, 0) is 11.3 Å². The molecule has 0 bridgehead atoms. The van der Waals surface area contributed by atoms with E-state index >= 15 is 0 Å². The van der Waals surface area contributed by atoms with Crippen LogP contribution >= 0.6 is 0 Å². The first-order chi connectivity index (χ1) is 17.0. The summed E-state index contributed by atoms with van der Waals surface area (Å²) in [6, 6.07) is 20.9. The molecule has 3 aromatic carbocycles. The number of ether oxygens (including phenoxy) is 2. The molecule has 8 heteroatoms. The Morgan fingerprint density at radius 2 is 1.86 bits per heavy atom. The SMILES string of the molecule is COc1ccc(OC[C@H](O)Cn2c([C@@H]3CC(=O)N(c4cccc(F)c4)C3)nc3ccccc32)cc1. The summed E-state index contributed by atoms with van der Waals surface area (Å²) in [5.41, 5.74) is 2.21. The molecule has 1 aromatic heterocycles. The fraction of sp³-hybridized carbons (Fsp3) is 0.259. The summed E-state index contributed by atoms with van der Waals surface area (Å²) < 4.78 is 26.6. The lowest BCUT2D eigenvalue weighted by molar-refractivity contribution is -0.117. The van der Waals surface area contributed by atoms with Crippen LogP contribution in [0.15, 0.2) is 72.8 Å². The molecule has 0 radical (unpaired) electrons. The Balaban J connectivity index is 1.36. The van der Waals surface area contributed by atoms with Crippen LogP contribution in [0.2, 0.25) is 0 Å². The molecule has 0 unspecified atom stereocenters. The van der Waals surface area contributed by atoms with Gasteiger partial charge in [-0.2, -0.15) is 0 Å². The molecule has 0 spiro atoms. The van der Waals surface area contributed by atoms with Crippen LogP contribution in [-0.4, -0.2) is 46.9 Å². The molecular formula is C27H26FN3O4. The number of rotatable bonds is 8. The number of aliphatic hydroxyl groups excluding tert-OH is 1. The molecule has 5 rings (SSSR count). The average molecular weight is 476 g/mol. The van der Waals surface area contributed by atoms with Crippen LogP contribution in [0, 0.1) is 5.82 Å². The van der Waals surface area contributed by atoms with E-state index in [0.29, 0.717) is 18.0 Å². The number of fused-ring (bicyclic) bond motifs is 1. The molecule has 180 valence electrons. The standard InChI is InChI=1S/C27H26FN3O4/c1-34-22-9-11-23(12-10-22)35-17-21(32)16-31-25-8-3-2-7-24(25)29-27(31)18-13-26(33)30(15-18)20-6-4-5-19(28)14-20/h2-12,14,18,21,32H,13,15-17H2,1H3/t18-,21-/m1/s1. The van der Waals surface area contributed by atoms with E-state index in [0.717, 1.165) is 22.6 Å². The van der Waals surface area contributed by atoms with Gasteiger partial charge in [0.2, 0.25) is 5.91 Å². The number of para-hydroxylation sites is 2. The molecule has 1 aliphatic rings. The van der Waals surface area contributed by atoms with E-state index in [1.165, 1.54) is 12.1 Å². The molecule has 2 atom stereocenters. The Labute approximate surface area is 202 Å². The van der Waals surface area contributed by atoms with Gasteiger partial charge in [-0.25, -0.2) is 9.37 Å². The first-order valence-corrected chi connectivity index (χ1v) is 11.5. The number of aliphatic hydroxyl groups is 1. The number of methoxy groups -OCH3 is 1. The number of carbonyl (C=O) groups excluding carboxylic acids is 1. The molecule has 1 N–H and O–H groups in total. The highest BCUT2D eigenvalue weighted by atomic mass is 19.1. The first kappa shape index (κ1) is 22.9. The van der Waals surface area contributed by atoms with Crippen LogP contribution in [0.5, 0.6) is 11.5 Å². The second kappa shape index (κ2) is 9.76. The van der Waals surface area contributed by atoms with E-state index in [9.17, 15) is 14.3 Å². The maximum atomic E-state index is 13.7. The van der Waals surface area contributed by atoms with Crippen LogP contribution in [0.4, 0.5) is 10.1 Å². The zero-order valence-electron chi connectivity index (χ0n) is 19.3. The van der Waals surface area contributed by atoms with Gasteiger partial charge in [-0.05, 0) is 54.6 Å². The van der Waals surface area contributed by atoms with Gasteiger partial charge in [0.05, 0.1) is 24.7 Å². The highest BCUT2D eigenvalue weighted by Gasteiger charge is 2.35. The van der Waals surface area contributed by atoms with Gasteiger partial charge in [0.1, 0.15) is 35.9 Å². The number of benzene rings is 3. The van der Waals surface area contributed by atoms with Crippen molar-refractivity contribution >= 4 is 22.6 Å². The summed E-state index contributed by atoms with van der Waals surface area (Å²) in [4.78, 5) is 19.2. The molecule has 0 saturated carbocycles. The van der Waals surface area contributed by atoms with Crippen molar-refractivity contribution in [1.82, 2.24) is 9.55 Å². The minimum atomic E-state index is -0.801. The average Bonchev–Trinajstić information content (AvgIpc) is 3.43. The minimum absolute atomic E-state index is 0.0809. The summed E-state index contributed by atoms with van der Waals surface area (Å²) in [5, 5.41) is 10.8. The number of anilines is 1. The fourth-order valence-corrected chi connectivity index (χ4v) is 4.50. The molecule has 0 aliphatic carbocycles. The smallest absolute Gasteiger partial charge is 0.227 e. The van der Waals surface area contributed by atoms with Gasteiger partial charge in [-0.3, -0.25) is 4.79 Å². The number of imidazole rings is 1. The second-order valence-corrected chi connectivity index (χ2v) is 8.59. The van der Waals surface area contributed by atoms with Crippen molar-refractivity contribution in [3.05, 3.63) is 84.4 Å². The van der Waals surface area contributed by atoms with Crippen molar-refractivity contribution in [2.24, 2.45) is 0 Å². The lowest BCUT2D eigenvalue weighted by Gasteiger charge is -2.19. The number of hydrogen-bond acceptors (Lipinski definition) is 5. The number of carbonyl (C=O) groups is 1. The summed E-state index contributed by atoms with van der Waals surface area (Å²) >= 11 is 0. The molecule has 7 nitrogen and oxygen atoms in total. The van der Waals surface area contributed by atoms with E-state index in [-0.39, 0.29) is 37.2 Å². The van der Waals surface area contributed by atoms with Crippen LogP contribution in [0.1, 0.15) is 18.2 Å². The van der Waals surface area contributed by atoms with E-state index in [2.05, 4.69) is 0 Å². The minimum Gasteiger partial charge on any atom is -0.497 e. The third-order valence-corrected chi connectivity index (χ3v) is 6.19. The van der Waals surface area contributed by atoms with Crippen molar-refractivity contribution in [2.75, 3.05) is 25.2 Å². The normalized spacial score (nSPS) is 16.6. The number of aromatic nitrogens is 2. The highest BCUT2D eigenvalue weighted by molar-refractivity contribution is 5.96. The van der Waals surface area contributed by atoms with Gasteiger partial charge in [-0.15, -0.1) is 0 Å². The van der Waals surface area contributed by atoms with Crippen molar-refractivity contribution in [2.45, 2.75) is 25.0 Å². The van der Waals surface area contributed by atoms with Gasteiger partial charge in [0.25, 0.3) is 0 Å². The van der Waals surface area contributed by atoms with Crippen LogP contribution < -0.4 is 14.4 Å². The maximum absolute atomic E-state index is 13.7. The van der Waals surface area contributed by atoms with E-state index in [4.69, 9.17) is 14.5 Å². The molecule has 1 amide bonds. The topological polar surface area (TPSA) is 76.8 Å². The summed E-state index contributed by atoms with van der Waals surface area (Å²) in [5.74, 6) is 1.43. The lowest BCUT2D eigenvalue weighted by atomic mass is 10.1. The molecule has 1 aliphatic heterocycles. The third kappa shape index (κ3) is 4.83. The number of amides is 1. The predicted molar refractivity (Wildman–Crippen MR) is 130 cm³/mol. The first-order valence-electron chi connectivity index (χ1n) is 11.5. The highest BCUT2D eigenvalue weighted by Crippen LogP contribution is 2.33. The van der Waals surface area contributed by atoms with Crippen molar-refractivity contribution in [1.29, 1.82) is 0 Å². The molecule has 2 heterocycles. The van der Waals surface area contributed by atoms with Gasteiger partial charge in [0.15, 0.2) is 0 Å². The zero-order valence-corrected chi connectivity index (χ0v) is 19.3. The monoisotopic (exact) mass is 475 g/mol. The Morgan fingerprint density at radius 1 is 1.09 bits per heavy atom. The second-order valence-electron chi connectivity index (χ2n) is 8.59. The largest absolute Gasteiger partial charge is 0.497 e. The molecule has 4 aromatic rings. The van der Waals surface area contributed by atoms with Crippen molar-refractivity contribution < 1.29 is 23.8 Å². The number of nitrogens with zero attached hydrogens (tertiary/aromatic N) is 3. The quantitative estimate of drug-likeness (QED) is 0.415. The van der Waals surface area contributed by atoms with Crippen LogP contribution in [0.3, 0.4) is 0 Å². The van der Waals surface area contributed by atoms with Gasteiger partial charge < -0.3 is 24.0 Å². The van der Waals surface area contributed by atoms with Crippen molar-refractivity contribution in [3.8, 4) is 11.5 Å². The van der Waals surface area contributed by atoms with E-state index in [1.54, 1.807) is 48.4 Å². The summed E-state index contributed by atoms with van der Waals surface area (Å²) in [6.45, 7) is 0.748. The molecule has 35 heavy (non-hydrogen) atoms. The Kier molecular flexibility index (Phi) is 6.37. The lowest BCUT2D eigenvalue weighted by Crippen LogP contribution is -2.26. The number of hydrogen-bond donors (Lipinski definition) is 1. The Bertz CT molecular complexity index is 1340. The fourth-order valence-electron chi connectivity index (χ4n) is 4.50. The Hall–Kier alpha value is -3.91. The van der Waals surface area contributed by atoms with Gasteiger partial charge in [0, 0.05) is 24.6 Å². The van der Waals surface area contributed by atoms with Crippen molar-refractivity contribution in [3.63, 3.8) is 0 Å². The predicted octanol–water partition coefficient (Wildman–Crippen LogP) is 4.14. The summed E-state index contributed by atoms with van der Waals surface area (Å²) in [6.07, 6.45) is -0.539. The Morgan fingerprint density at radius 3 is 2.63 bits per heavy atom. The molecular weight excluding hydrogens is 449 g/mol. The third-order valence-electron chi connectivity index (χ3n) is 6.19. The van der Waals surface area contributed by atoms with Gasteiger partial charge in [-0.1, -0.05) is 18.2 Å². The molecule has 1 saturated heterocycles.